The van der Waals surface area contributed by atoms with E-state index in [-0.39, 0.29) is 5.82 Å². The van der Waals surface area contributed by atoms with E-state index in [1.807, 2.05) is 18.2 Å². The Hall–Kier alpha value is -1.55. The maximum Gasteiger partial charge on any atom is 0.123 e. The molecule has 0 aliphatic heterocycles. The molecule has 0 aromatic heterocycles. The number of hydrogen-bond donors (Lipinski definition) is 1. The first-order valence-corrected chi connectivity index (χ1v) is 6.29. The van der Waals surface area contributed by atoms with Gasteiger partial charge in [-0.2, -0.15) is 0 Å². The zero-order valence-electron chi connectivity index (χ0n) is 9.91. The summed E-state index contributed by atoms with van der Waals surface area (Å²) in [5.74, 6) is 0.564. The normalized spacial score (nSPS) is 10.2. The summed E-state index contributed by atoms with van der Waals surface area (Å²) in [6.45, 7) is 0.639. The monoisotopic (exact) mass is 309 g/mol. The van der Waals surface area contributed by atoms with Crippen LogP contribution in [0, 0.1) is 5.82 Å². The van der Waals surface area contributed by atoms with Gasteiger partial charge in [-0.25, -0.2) is 4.39 Å². The maximum absolute atomic E-state index is 12.8. The van der Waals surface area contributed by atoms with Crippen molar-refractivity contribution in [3.8, 4) is 5.75 Å². The molecule has 0 saturated carbocycles. The Balaban J connectivity index is 2.05. The topological polar surface area (TPSA) is 21.3 Å². The second kappa shape index (κ2) is 5.87. The van der Waals surface area contributed by atoms with Crippen LogP contribution in [-0.4, -0.2) is 7.11 Å². The zero-order chi connectivity index (χ0) is 13.0. The highest BCUT2D eigenvalue weighted by Gasteiger charge is 2.00. The molecule has 0 aliphatic rings. The third-order valence-corrected chi connectivity index (χ3v) is 2.97. The highest BCUT2D eigenvalue weighted by molar-refractivity contribution is 9.10. The summed E-state index contributed by atoms with van der Waals surface area (Å²) in [7, 11) is 1.63. The lowest BCUT2D eigenvalue weighted by Crippen LogP contribution is -1.99. The van der Waals surface area contributed by atoms with E-state index < -0.39 is 0 Å². The highest BCUT2D eigenvalue weighted by atomic mass is 79.9. The minimum atomic E-state index is -0.220. The van der Waals surface area contributed by atoms with Crippen molar-refractivity contribution in [2.45, 2.75) is 6.54 Å². The standard InChI is InChI=1S/C14H13BrFNO/c1-18-14-7-11(15)6-13(8-14)17-9-10-2-4-12(16)5-3-10/h2-8,17H,9H2,1H3. The first-order valence-electron chi connectivity index (χ1n) is 5.50. The van der Waals surface area contributed by atoms with Crippen molar-refractivity contribution < 1.29 is 9.13 Å². The lowest BCUT2D eigenvalue weighted by molar-refractivity contribution is 0.414. The summed E-state index contributed by atoms with van der Waals surface area (Å²) >= 11 is 3.42. The van der Waals surface area contributed by atoms with Gasteiger partial charge in [-0.3, -0.25) is 0 Å². The van der Waals surface area contributed by atoms with Crippen LogP contribution in [0.1, 0.15) is 5.56 Å². The first-order chi connectivity index (χ1) is 8.67. The van der Waals surface area contributed by atoms with Crippen molar-refractivity contribution >= 4 is 21.6 Å². The predicted molar refractivity (Wildman–Crippen MR) is 74.4 cm³/mol. The molecule has 2 aromatic carbocycles. The molecule has 0 atom stereocenters. The fraction of sp³-hybridized carbons (Fsp3) is 0.143. The number of hydrogen-bond acceptors (Lipinski definition) is 2. The summed E-state index contributed by atoms with van der Waals surface area (Å²) in [5, 5.41) is 3.26. The second-order valence-electron chi connectivity index (χ2n) is 3.86. The van der Waals surface area contributed by atoms with Gasteiger partial charge in [0.1, 0.15) is 11.6 Å². The van der Waals surface area contributed by atoms with Gasteiger partial charge in [0.25, 0.3) is 0 Å². The van der Waals surface area contributed by atoms with Gasteiger partial charge in [0.15, 0.2) is 0 Å². The maximum atomic E-state index is 12.8. The van der Waals surface area contributed by atoms with E-state index in [0.717, 1.165) is 21.5 Å². The molecule has 1 N–H and O–H groups in total. The summed E-state index contributed by atoms with van der Waals surface area (Å²) in [4.78, 5) is 0. The van der Waals surface area contributed by atoms with E-state index in [1.54, 1.807) is 19.2 Å². The average Bonchev–Trinajstić information content (AvgIpc) is 2.37. The number of rotatable bonds is 4. The van der Waals surface area contributed by atoms with Crippen LogP contribution >= 0.6 is 15.9 Å². The SMILES string of the molecule is COc1cc(Br)cc(NCc2ccc(F)cc2)c1. The number of anilines is 1. The lowest BCUT2D eigenvalue weighted by Gasteiger charge is -2.09. The summed E-state index contributed by atoms with van der Waals surface area (Å²) in [6.07, 6.45) is 0. The van der Waals surface area contributed by atoms with Gasteiger partial charge in [-0.15, -0.1) is 0 Å². The quantitative estimate of drug-likeness (QED) is 0.913. The highest BCUT2D eigenvalue weighted by Crippen LogP contribution is 2.24. The minimum absolute atomic E-state index is 0.220. The van der Waals surface area contributed by atoms with Crippen LogP contribution in [0.25, 0.3) is 0 Å². The Labute approximate surface area is 114 Å². The molecule has 0 bridgehead atoms. The van der Waals surface area contributed by atoms with Crippen molar-refractivity contribution in [2.75, 3.05) is 12.4 Å². The van der Waals surface area contributed by atoms with Gasteiger partial charge < -0.3 is 10.1 Å². The fourth-order valence-corrected chi connectivity index (χ4v) is 2.06. The van der Waals surface area contributed by atoms with Crippen molar-refractivity contribution in [1.82, 2.24) is 0 Å². The Kier molecular flexibility index (Phi) is 4.20. The van der Waals surface area contributed by atoms with E-state index >= 15 is 0 Å². The van der Waals surface area contributed by atoms with Crippen molar-refractivity contribution in [3.63, 3.8) is 0 Å². The first kappa shape index (κ1) is 12.9. The molecule has 94 valence electrons. The Bertz CT molecular complexity index is 528. The molecular formula is C14H13BrFNO. The van der Waals surface area contributed by atoms with Gasteiger partial charge in [0.05, 0.1) is 7.11 Å². The molecule has 0 spiro atoms. The van der Waals surface area contributed by atoms with Crippen LogP contribution in [0.3, 0.4) is 0 Å². The molecule has 0 saturated heterocycles. The zero-order valence-corrected chi connectivity index (χ0v) is 11.5. The number of benzene rings is 2. The second-order valence-corrected chi connectivity index (χ2v) is 4.78. The van der Waals surface area contributed by atoms with E-state index in [4.69, 9.17) is 4.74 Å². The van der Waals surface area contributed by atoms with Gasteiger partial charge in [-0.05, 0) is 29.8 Å². The van der Waals surface area contributed by atoms with Crippen LogP contribution < -0.4 is 10.1 Å². The molecule has 0 heterocycles. The number of ether oxygens (including phenoxy) is 1. The minimum Gasteiger partial charge on any atom is -0.497 e. The molecule has 2 nitrogen and oxygen atoms in total. The molecule has 0 aliphatic carbocycles. The Morgan fingerprint density at radius 3 is 2.56 bits per heavy atom. The van der Waals surface area contributed by atoms with E-state index in [1.165, 1.54) is 12.1 Å². The number of halogens is 2. The molecule has 0 radical (unpaired) electrons. The van der Waals surface area contributed by atoms with Crippen LogP contribution in [0.2, 0.25) is 0 Å². The summed E-state index contributed by atoms with van der Waals surface area (Å²) in [6, 6.07) is 12.2. The number of nitrogens with one attached hydrogen (secondary N) is 1. The van der Waals surface area contributed by atoms with Gasteiger partial charge >= 0.3 is 0 Å². The predicted octanol–water partition coefficient (Wildman–Crippen LogP) is 4.21. The van der Waals surface area contributed by atoms with Gasteiger partial charge in [-0.1, -0.05) is 28.1 Å². The molecule has 0 unspecified atom stereocenters. The van der Waals surface area contributed by atoms with E-state index in [0.29, 0.717) is 6.54 Å². The smallest absolute Gasteiger partial charge is 0.123 e. The van der Waals surface area contributed by atoms with Crippen molar-refractivity contribution in [1.29, 1.82) is 0 Å². The van der Waals surface area contributed by atoms with Crippen LogP contribution in [0.4, 0.5) is 10.1 Å². The van der Waals surface area contributed by atoms with E-state index in [9.17, 15) is 4.39 Å². The van der Waals surface area contributed by atoms with Crippen LogP contribution in [0.5, 0.6) is 5.75 Å². The fourth-order valence-electron chi connectivity index (χ4n) is 1.59. The Morgan fingerprint density at radius 1 is 1.17 bits per heavy atom. The van der Waals surface area contributed by atoms with Crippen molar-refractivity contribution in [2.24, 2.45) is 0 Å². The number of methoxy groups -OCH3 is 1. The molecule has 2 rings (SSSR count). The van der Waals surface area contributed by atoms with Gasteiger partial charge in [0.2, 0.25) is 0 Å². The molecule has 18 heavy (non-hydrogen) atoms. The summed E-state index contributed by atoms with van der Waals surface area (Å²) < 4.78 is 18.9. The lowest BCUT2D eigenvalue weighted by atomic mass is 10.2. The molecule has 4 heteroatoms. The largest absolute Gasteiger partial charge is 0.497 e. The molecule has 0 amide bonds. The third kappa shape index (κ3) is 3.47. The van der Waals surface area contributed by atoms with Crippen LogP contribution in [-0.2, 0) is 6.54 Å². The molecule has 2 aromatic rings. The van der Waals surface area contributed by atoms with E-state index in [2.05, 4.69) is 21.2 Å². The van der Waals surface area contributed by atoms with Crippen molar-refractivity contribution in [3.05, 3.63) is 58.3 Å². The van der Waals surface area contributed by atoms with Gasteiger partial charge in [0, 0.05) is 22.8 Å². The summed E-state index contributed by atoms with van der Waals surface area (Å²) in [5.41, 5.74) is 1.97. The average molecular weight is 310 g/mol. The molecular weight excluding hydrogens is 297 g/mol. The third-order valence-electron chi connectivity index (χ3n) is 2.52. The van der Waals surface area contributed by atoms with Crippen LogP contribution in [0.15, 0.2) is 46.9 Å². The molecule has 0 fully saturated rings. The Morgan fingerprint density at radius 2 is 1.89 bits per heavy atom.